The van der Waals surface area contributed by atoms with Crippen LogP contribution >= 0.6 is 0 Å². The molecule has 0 atom stereocenters. The van der Waals surface area contributed by atoms with Crippen LogP contribution in [-0.2, 0) is 6.42 Å². The lowest BCUT2D eigenvalue weighted by atomic mass is 10.1. The minimum absolute atomic E-state index is 0.526. The summed E-state index contributed by atoms with van der Waals surface area (Å²) in [6.45, 7) is 1.96. The number of nitroso groups, excluding NO2 is 1. The van der Waals surface area contributed by atoms with Crippen LogP contribution in [0.1, 0.15) is 12.5 Å². The van der Waals surface area contributed by atoms with E-state index in [0.717, 1.165) is 12.0 Å². The molecule has 0 saturated carbocycles. The predicted octanol–water partition coefficient (Wildman–Crippen LogP) is 3.76. The minimum atomic E-state index is 0.526. The molecule has 0 aliphatic rings. The van der Waals surface area contributed by atoms with E-state index in [1.807, 2.05) is 49.4 Å². The topological polar surface area (TPSA) is 29.4 Å². The van der Waals surface area contributed by atoms with Crippen LogP contribution in [0.5, 0.6) is 0 Å². The van der Waals surface area contributed by atoms with Gasteiger partial charge < -0.3 is 0 Å². The van der Waals surface area contributed by atoms with Crippen LogP contribution < -0.4 is 0 Å². The Balaban J connectivity index is 2.70. The summed E-state index contributed by atoms with van der Waals surface area (Å²) < 4.78 is 0. The van der Waals surface area contributed by atoms with Gasteiger partial charge >= 0.3 is 0 Å². The first-order valence-electron chi connectivity index (χ1n) is 4.57. The third-order valence-corrected chi connectivity index (χ3v) is 1.87. The van der Waals surface area contributed by atoms with Crippen LogP contribution in [0, 0.1) is 4.91 Å². The van der Waals surface area contributed by atoms with E-state index in [0.29, 0.717) is 5.69 Å². The molecule has 1 aromatic carbocycles. The van der Waals surface area contributed by atoms with Crippen LogP contribution in [0.3, 0.4) is 0 Å². The molecule has 0 aliphatic heterocycles. The van der Waals surface area contributed by atoms with Crippen molar-refractivity contribution < 1.29 is 0 Å². The Morgan fingerprint density at radius 1 is 1.29 bits per heavy atom. The monoisotopic (exact) mass is 187 g/mol. The third kappa shape index (κ3) is 2.98. The standard InChI is InChI=1S/C12H13NO/c1-2-3-4-5-8-11-9-6-7-10-12(11)13-14/h2-7,9-10H,8H2,1H3/b3-2+,5-4+. The highest BCUT2D eigenvalue weighted by molar-refractivity contribution is 5.46. The molecule has 0 spiro atoms. The van der Waals surface area contributed by atoms with Crippen LogP contribution in [0.15, 0.2) is 53.7 Å². The van der Waals surface area contributed by atoms with Gasteiger partial charge in [-0.2, -0.15) is 0 Å². The molecule has 0 aromatic heterocycles. The van der Waals surface area contributed by atoms with E-state index in [1.165, 1.54) is 0 Å². The first kappa shape index (κ1) is 10.4. The number of hydrogen-bond donors (Lipinski definition) is 0. The molecule has 0 amide bonds. The van der Waals surface area contributed by atoms with E-state index in [9.17, 15) is 4.91 Å². The van der Waals surface area contributed by atoms with Gasteiger partial charge in [-0.3, -0.25) is 0 Å². The molecule has 0 saturated heterocycles. The summed E-state index contributed by atoms with van der Waals surface area (Å²) in [5.74, 6) is 0. The number of allylic oxidation sites excluding steroid dienone is 4. The molecular weight excluding hydrogens is 174 g/mol. The highest BCUT2D eigenvalue weighted by Gasteiger charge is 1.97. The first-order chi connectivity index (χ1) is 6.88. The lowest BCUT2D eigenvalue weighted by molar-refractivity contribution is 1.25. The summed E-state index contributed by atoms with van der Waals surface area (Å²) in [5, 5.41) is 2.97. The molecule has 0 unspecified atom stereocenters. The van der Waals surface area contributed by atoms with Gasteiger partial charge in [-0.15, -0.1) is 4.91 Å². The molecule has 0 bridgehead atoms. The summed E-state index contributed by atoms with van der Waals surface area (Å²) in [4.78, 5) is 10.4. The van der Waals surface area contributed by atoms with Gasteiger partial charge in [0.2, 0.25) is 0 Å². The summed E-state index contributed by atoms with van der Waals surface area (Å²) in [6, 6.07) is 7.37. The van der Waals surface area contributed by atoms with Gasteiger partial charge in [0.25, 0.3) is 0 Å². The molecule has 0 heterocycles. The van der Waals surface area contributed by atoms with Gasteiger partial charge in [0.05, 0.1) is 0 Å². The van der Waals surface area contributed by atoms with Crippen molar-refractivity contribution in [1.29, 1.82) is 0 Å². The summed E-state index contributed by atoms with van der Waals surface area (Å²) in [6.07, 6.45) is 8.62. The van der Waals surface area contributed by atoms with Crippen molar-refractivity contribution in [2.45, 2.75) is 13.3 Å². The fourth-order valence-corrected chi connectivity index (χ4v) is 1.16. The summed E-state index contributed by atoms with van der Waals surface area (Å²) >= 11 is 0. The van der Waals surface area contributed by atoms with Crippen LogP contribution in [-0.4, -0.2) is 0 Å². The molecule has 0 radical (unpaired) electrons. The lowest BCUT2D eigenvalue weighted by Crippen LogP contribution is -1.80. The van der Waals surface area contributed by atoms with E-state index < -0.39 is 0 Å². The van der Waals surface area contributed by atoms with Crippen LogP contribution in [0.4, 0.5) is 5.69 Å². The average molecular weight is 187 g/mol. The number of benzene rings is 1. The van der Waals surface area contributed by atoms with Gasteiger partial charge in [-0.1, -0.05) is 42.5 Å². The van der Waals surface area contributed by atoms with Gasteiger partial charge in [-0.05, 0) is 30.2 Å². The Morgan fingerprint density at radius 2 is 2.07 bits per heavy atom. The van der Waals surface area contributed by atoms with Crippen LogP contribution in [0.2, 0.25) is 0 Å². The smallest absolute Gasteiger partial charge is 0.111 e. The highest BCUT2D eigenvalue weighted by atomic mass is 16.3. The van der Waals surface area contributed by atoms with Crippen molar-refractivity contribution in [3.05, 3.63) is 59.0 Å². The van der Waals surface area contributed by atoms with Gasteiger partial charge in [0, 0.05) is 0 Å². The summed E-state index contributed by atoms with van der Waals surface area (Å²) in [5.41, 5.74) is 1.49. The average Bonchev–Trinajstić information content (AvgIpc) is 2.25. The van der Waals surface area contributed by atoms with E-state index in [-0.39, 0.29) is 0 Å². The van der Waals surface area contributed by atoms with Crippen molar-refractivity contribution in [1.82, 2.24) is 0 Å². The van der Waals surface area contributed by atoms with Crippen LogP contribution in [0.25, 0.3) is 0 Å². The maximum absolute atomic E-state index is 10.4. The third-order valence-electron chi connectivity index (χ3n) is 1.87. The molecule has 14 heavy (non-hydrogen) atoms. The molecule has 0 fully saturated rings. The van der Waals surface area contributed by atoms with Gasteiger partial charge in [0.1, 0.15) is 5.69 Å². The SMILES string of the molecule is C/C=C/C=C/Cc1ccccc1N=O. The number of hydrogen-bond acceptors (Lipinski definition) is 2. The number of nitrogens with zero attached hydrogens (tertiary/aromatic N) is 1. The van der Waals surface area contributed by atoms with Gasteiger partial charge in [0.15, 0.2) is 0 Å². The molecule has 0 N–H and O–H groups in total. The fraction of sp³-hybridized carbons (Fsp3) is 0.167. The van der Waals surface area contributed by atoms with E-state index in [1.54, 1.807) is 6.07 Å². The Kier molecular flexibility index (Phi) is 4.35. The molecular formula is C12H13NO. The Hall–Kier alpha value is -1.70. The predicted molar refractivity (Wildman–Crippen MR) is 59.6 cm³/mol. The second kappa shape index (κ2) is 5.86. The molecule has 1 rings (SSSR count). The second-order valence-electron chi connectivity index (χ2n) is 2.88. The zero-order valence-electron chi connectivity index (χ0n) is 8.18. The minimum Gasteiger partial charge on any atom is -0.145 e. The van der Waals surface area contributed by atoms with Crippen molar-refractivity contribution in [3.8, 4) is 0 Å². The first-order valence-corrected chi connectivity index (χ1v) is 4.57. The molecule has 72 valence electrons. The maximum atomic E-state index is 10.4. The highest BCUT2D eigenvalue weighted by Crippen LogP contribution is 2.18. The Morgan fingerprint density at radius 3 is 2.79 bits per heavy atom. The molecule has 0 aliphatic carbocycles. The second-order valence-corrected chi connectivity index (χ2v) is 2.88. The number of rotatable bonds is 4. The lowest BCUT2D eigenvalue weighted by Gasteiger charge is -1.97. The van der Waals surface area contributed by atoms with Crippen molar-refractivity contribution in [3.63, 3.8) is 0 Å². The molecule has 2 nitrogen and oxygen atoms in total. The van der Waals surface area contributed by atoms with E-state index in [4.69, 9.17) is 0 Å². The zero-order valence-corrected chi connectivity index (χ0v) is 8.18. The normalized spacial score (nSPS) is 11.2. The van der Waals surface area contributed by atoms with E-state index >= 15 is 0 Å². The molecule has 1 aromatic rings. The van der Waals surface area contributed by atoms with E-state index in [2.05, 4.69) is 5.18 Å². The van der Waals surface area contributed by atoms with Gasteiger partial charge in [-0.25, -0.2) is 0 Å². The maximum Gasteiger partial charge on any atom is 0.111 e. The molecule has 2 heteroatoms. The largest absolute Gasteiger partial charge is 0.145 e. The summed E-state index contributed by atoms with van der Waals surface area (Å²) in [7, 11) is 0. The zero-order chi connectivity index (χ0) is 10.2. The Labute approximate surface area is 83.9 Å². The fourth-order valence-electron chi connectivity index (χ4n) is 1.16. The Bertz CT molecular complexity index is 353. The van der Waals surface area contributed by atoms with Crippen molar-refractivity contribution in [2.24, 2.45) is 5.18 Å². The quantitative estimate of drug-likeness (QED) is 0.521. The van der Waals surface area contributed by atoms with Crippen molar-refractivity contribution in [2.75, 3.05) is 0 Å². The van der Waals surface area contributed by atoms with Crippen molar-refractivity contribution >= 4 is 5.69 Å².